The Bertz CT molecular complexity index is 1150. The minimum absolute atomic E-state index is 0.388. The lowest BCUT2D eigenvalue weighted by Gasteiger charge is -2.34. The summed E-state index contributed by atoms with van der Waals surface area (Å²) in [7, 11) is 2.13. The third-order valence-electron chi connectivity index (χ3n) is 5.10. The van der Waals surface area contributed by atoms with Crippen LogP contribution in [-0.4, -0.2) is 52.7 Å². The van der Waals surface area contributed by atoms with Crippen molar-refractivity contribution < 1.29 is 4.42 Å². The topological polar surface area (TPSA) is 66.9 Å². The molecule has 0 radical (unpaired) electrons. The Morgan fingerprint density at radius 3 is 2.74 bits per heavy atom. The van der Waals surface area contributed by atoms with Gasteiger partial charge < -0.3 is 14.2 Å². The van der Waals surface area contributed by atoms with Crippen LogP contribution in [0.4, 0.5) is 5.69 Å². The molecular weight excluding hydrogens is 342 g/mol. The van der Waals surface area contributed by atoms with E-state index >= 15 is 0 Å². The number of hydrogen-bond acceptors (Lipinski definition) is 6. The minimum atomic E-state index is -0.388. The van der Waals surface area contributed by atoms with Gasteiger partial charge in [-0.3, -0.25) is 0 Å². The number of hydrogen-bond donors (Lipinski definition) is 0. The van der Waals surface area contributed by atoms with E-state index in [2.05, 4.69) is 33.0 Å². The Hall–Kier alpha value is -3.19. The maximum atomic E-state index is 12.6. The fourth-order valence-electron chi connectivity index (χ4n) is 3.50. The van der Waals surface area contributed by atoms with Crippen molar-refractivity contribution in [3.8, 4) is 11.3 Å². The summed E-state index contributed by atoms with van der Waals surface area (Å²) in [5.41, 5.74) is 3.00. The summed E-state index contributed by atoms with van der Waals surface area (Å²) in [6, 6.07) is 11.6. The van der Waals surface area contributed by atoms with Crippen molar-refractivity contribution in [2.75, 3.05) is 38.1 Å². The molecule has 5 rings (SSSR count). The second kappa shape index (κ2) is 6.21. The van der Waals surface area contributed by atoms with E-state index in [9.17, 15) is 4.79 Å². The molecule has 0 bridgehead atoms. The number of benzene rings is 1. The van der Waals surface area contributed by atoms with Gasteiger partial charge in [0.25, 0.3) is 0 Å². The standard InChI is InChI=1S/C20H19N5O2/c1-23-7-9-24(10-8-23)15-5-4-14-11-16(20(26)27-18(14)12-15)17-13-25-19(22-17)3-2-6-21-25/h2-6,11-13H,7-10H2,1H3. The van der Waals surface area contributed by atoms with Crippen molar-refractivity contribution in [3.63, 3.8) is 0 Å². The van der Waals surface area contributed by atoms with Gasteiger partial charge in [0.1, 0.15) is 5.58 Å². The molecule has 1 aliphatic heterocycles. The molecule has 0 amide bonds. The number of likely N-dealkylation sites (N-methyl/N-ethyl adjacent to an activating group) is 1. The lowest BCUT2D eigenvalue weighted by molar-refractivity contribution is 0.313. The zero-order valence-corrected chi connectivity index (χ0v) is 15.0. The summed E-state index contributed by atoms with van der Waals surface area (Å²) >= 11 is 0. The van der Waals surface area contributed by atoms with Gasteiger partial charge in [0, 0.05) is 49.5 Å². The van der Waals surface area contributed by atoms with Crippen LogP contribution < -0.4 is 10.5 Å². The van der Waals surface area contributed by atoms with Gasteiger partial charge in [0.15, 0.2) is 5.65 Å². The molecule has 7 heteroatoms. The normalized spacial score (nSPS) is 15.7. The maximum absolute atomic E-state index is 12.6. The number of anilines is 1. The van der Waals surface area contributed by atoms with Crippen LogP contribution in [0.15, 0.2) is 58.0 Å². The van der Waals surface area contributed by atoms with Gasteiger partial charge in [-0.2, -0.15) is 5.10 Å². The van der Waals surface area contributed by atoms with Gasteiger partial charge in [0.05, 0.1) is 17.5 Å². The zero-order valence-electron chi connectivity index (χ0n) is 15.0. The summed E-state index contributed by atoms with van der Waals surface area (Å²) in [4.78, 5) is 21.7. The molecule has 0 aliphatic carbocycles. The van der Waals surface area contributed by atoms with Crippen LogP contribution in [0.2, 0.25) is 0 Å². The molecule has 0 saturated carbocycles. The van der Waals surface area contributed by atoms with Crippen LogP contribution in [0.5, 0.6) is 0 Å². The zero-order chi connectivity index (χ0) is 18.4. The Balaban J connectivity index is 1.55. The number of aromatic nitrogens is 3. The van der Waals surface area contributed by atoms with Crippen LogP contribution in [0.3, 0.4) is 0 Å². The fourth-order valence-corrected chi connectivity index (χ4v) is 3.50. The Morgan fingerprint density at radius 1 is 1.07 bits per heavy atom. The first-order valence-electron chi connectivity index (χ1n) is 8.99. The van der Waals surface area contributed by atoms with Crippen LogP contribution in [0.1, 0.15) is 0 Å². The highest BCUT2D eigenvalue weighted by Gasteiger charge is 2.16. The van der Waals surface area contributed by atoms with Gasteiger partial charge in [-0.05, 0) is 37.4 Å². The first-order valence-corrected chi connectivity index (χ1v) is 8.99. The molecule has 1 saturated heterocycles. The Morgan fingerprint density at radius 2 is 1.93 bits per heavy atom. The van der Waals surface area contributed by atoms with Crippen molar-refractivity contribution in [1.29, 1.82) is 0 Å². The van der Waals surface area contributed by atoms with E-state index in [1.165, 1.54) is 0 Å². The highest BCUT2D eigenvalue weighted by Crippen LogP contribution is 2.25. The first kappa shape index (κ1) is 16.0. The van der Waals surface area contributed by atoms with Gasteiger partial charge >= 0.3 is 5.63 Å². The van der Waals surface area contributed by atoms with E-state index in [0.29, 0.717) is 22.5 Å². The predicted molar refractivity (Wildman–Crippen MR) is 104 cm³/mol. The van der Waals surface area contributed by atoms with Crippen molar-refractivity contribution in [2.45, 2.75) is 0 Å². The largest absolute Gasteiger partial charge is 0.422 e. The van der Waals surface area contributed by atoms with E-state index in [-0.39, 0.29) is 5.63 Å². The lowest BCUT2D eigenvalue weighted by Crippen LogP contribution is -2.44. The second-order valence-electron chi connectivity index (χ2n) is 6.91. The van der Waals surface area contributed by atoms with Gasteiger partial charge in [-0.1, -0.05) is 0 Å². The molecule has 1 aliphatic rings. The quantitative estimate of drug-likeness (QED) is 0.510. The Labute approximate surface area is 155 Å². The van der Waals surface area contributed by atoms with E-state index in [0.717, 1.165) is 37.3 Å². The number of rotatable bonds is 2. The molecule has 3 aromatic heterocycles. The summed E-state index contributed by atoms with van der Waals surface area (Å²) in [5, 5.41) is 5.08. The summed E-state index contributed by atoms with van der Waals surface area (Å²) in [5.74, 6) is 0. The average molecular weight is 361 g/mol. The Kier molecular flexibility index (Phi) is 3.68. The number of fused-ring (bicyclic) bond motifs is 2. The molecule has 4 aromatic rings. The molecule has 0 N–H and O–H groups in total. The second-order valence-corrected chi connectivity index (χ2v) is 6.91. The van der Waals surface area contributed by atoms with Crippen molar-refractivity contribution in [1.82, 2.24) is 19.5 Å². The van der Waals surface area contributed by atoms with Crippen molar-refractivity contribution in [2.24, 2.45) is 0 Å². The summed E-state index contributed by atoms with van der Waals surface area (Å²) in [6.07, 6.45) is 3.42. The maximum Gasteiger partial charge on any atom is 0.345 e. The molecule has 136 valence electrons. The van der Waals surface area contributed by atoms with Gasteiger partial charge in [-0.15, -0.1) is 0 Å². The van der Waals surface area contributed by atoms with E-state index in [4.69, 9.17) is 4.42 Å². The molecule has 1 aromatic carbocycles. The third kappa shape index (κ3) is 2.86. The third-order valence-corrected chi connectivity index (χ3v) is 5.10. The van der Waals surface area contributed by atoms with Crippen LogP contribution in [0.25, 0.3) is 27.9 Å². The summed E-state index contributed by atoms with van der Waals surface area (Å²) in [6.45, 7) is 4.00. The molecule has 7 nitrogen and oxygen atoms in total. The SMILES string of the molecule is CN1CCN(c2ccc3cc(-c4cn5ncccc5n4)c(=O)oc3c2)CC1. The van der Waals surface area contributed by atoms with Crippen LogP contribution in [-0.2, 0) is 0 Å². The van der Waals surface area contributed by atoms with Gasteiger partial charge in [-0.25, -0.2) is 14.3 Å². The average Bonchev–Trinajstić information content (AvgIpc) is 3.11. The molecule has 1 fully saturated rings. The molecule has 0 spiro atoms. The summed E-state index contributed by atoms with van der Waals surface area (Å²) < 4.78 is 7.28. The number of imidazole rings is 1. The molecule has 0 atom stereocenters. The fraction of sp³-hybridized carbons (Fsp3) is 0.250. The van der Waals surface area contributed by atoms with Crippen molar-refractivity contribution in [3.05, 3.63) is 59.2 Å². The molecule has 0 unspecified atom stereocenters. The molecule has 4 heterocycles. The lowest BCUT2D eigenvalue weighted by atomic mass is 10.1. The monoisotopic (exact) mass is 361 g/mol. The van der Waals surface area contributed by atoms with E-state index < -0.39 is 0 Å². The van der Waals surface area contributed by atoms with Crippen LogP contribution in [0, 0.1) is 0 Å². The van der Waals surface area contributed by atoms with E-state index in [1.807, 2.05) is 30.3 Å². The molecule has 27 heavy (non-hydrogen) atoms. The number of piperazine rings is 1. The first-order chi connectivity index (χ1) is 13.2. The smallest absolute Gasteiger partial charge is 0.345 e. The van der Waals surface area contributed by atoms with Crippen LogP contribution >= 0.6 is 0 Å². The predicted octanol–water partition coefficient (Wildman–Crippen LogP) is 2.25. The van der Waals surface area contributed by atoms with Gasteiger partial charge in [0.2, 0.25) is 0 Å². The highest BCUT2D eigenvalue weighted by atomic mass is 16.4. The van der Waals surface area contributed by atoms with E-state index in [1.54, 1.807) is 16.9 Å². The molecular formula is C20H19N5O2. The number of nitrogens with zero attached hydrogens (tertiary/aromatic N) is 5. The minimum Gasteiger partial charge on any atom is -0.422 e. The van der Waals surface area contributed by atoms with Crippen molar-refractivity contribution >= 4 is 22.3 Å². The highest BCUT2D eigenvalue weighted by molar-refractivity contribution is 5.84.